The van der Waals surface area contributed by atoms with Gasteiger partial charge in [0.05, 0.1) is 11.9 Å². The molecule has 1 aromatic rings. The Kier molecular flexibility index (Phi) is 3.80. The van der Waals surface area contributed by atoms with Crippen molar-refractivity contribution >= 4 is 10.0 Å². The Morgan fingerprint density at radius 2 is 1.91 bits per heavy atom. The fourth-order valence-corrected chi connectivity index (χ4v) is 7.12. The van der Waals surface area contributed by atoms with Crippen molar-refractivity contribution in [2.75, 3.05) is 18.8 Å². The number of nitrogens with zero attached hydrogens (tertiary/aromatic N) is 3. The second kappa shape index (κ2) is 5.59. The fraction of sp³-hybridized carbons (Fsp3) is 0.824. The highest BCUT2D eigenvalue weighted by atomic mass is 32.2. The lowest BCUT2D eigenvalue weighted by Gasteiger charge is -2.46. The van der Waals surface area contributed by atoms with Crippen molar-refractivity contribution in [3.05, 3.63) is 18.0 Å². The molecule has 6 heteroatoms. The Hall–Kier alpha value is -0.880. The molecule has 1 unspecified atom stereocenters. The zero-order chi connectivity index (χ0) is 16.1. The predicted octanol–water partition coefficient (Wildman–Crippen LogP) is 2.51. The molecule has 4 fully saturated rings. The van der Waals surface area contributed by atoms with E-state index in [-0.39, 0.29) is 5.41 Å². The van der Waals surface area contributed by atoms with Crippen LogP contribution in [0.15, 0.2) is 12.4 Å². The van der Waals surface area contributed by atoms with Gasteiger partial charge in [0, 0.05) is 32.3 Å². The van der Waals surface area contributed by atoms with Crippen LogP contribution in [0.3, 0.4) is 0 Å². The van der Waals surface area contributed by atoms with Crippen molar-refractivity contribution in [1.82, 2.24) is 14.1 Å². The molecule has 128 valence electrons. The molecule has 3 saturated carbocycles. The van der Waals surface area contributed by atoms with Gasteiger partial charge in [-0.15, -0.1) is 0 Å². The Balaban J connectivity index is 1.45. The van der Waals surface area contributed by atoms with Gasteiger partial charge in [-0.25, -0.2) is 12.7 Å². The maximum Gasteiger partial charge on any atom is 0.214 e. The largest absolute Gasteiger partial charge is 0.276 e. The van der Waals surface area contributed by atoms with E-state index >= 15 is 0 Å². The third-order valence-corrected chi connectivity index (χ3v) is 8.57. The summed E-state index contributed by atoms with van der Waals surface area (Å²) in [5.41, 5.74) is 1.25. The van der Waals surface area contributed by atoms with E-state index in [9.17, 15) is 8.42 Å². The van der Waals surface area contributed by atoms with Crippen LogP contribution in [0.25, 0.3) is 0 Å². The second-order valence-electron chi connectivity index (χ2n) is 8.03. The first kappa shape index (κ1) is 15.6. The van der Waals surface area contributed by atoms with Gasteiger partial charge in [0.15, 0.2) is 0 Å². The first-order valence-corrected chi connectivity index (χ1v) is 10.5. The molecule has 1 aliphatic heterocycles. The molecule has 4 aliphatic rings. The molecule has 0 N–H and O–H groups in total. The first-order chi connectivity index (χ1) is 11.0. The lowest BCUT2D eigenvalue weighted by molar-refractivity contribution is 0.0850. The zero-order valence-corrected chi connectivity index (χ0v) is 14.8. The summed E-state index contributed by atoms with van der Waals surface area (Å²) in [4.78, 5) is 0. The Labute approximate surface area is 139 Å². The van der Waals surface area contributed by atoms with Gasteiger partial charge in [-0.05, 0) is 61.8 Å². The van der Waals surface area contributed by atoms with Crippen molar-refractivity contribution in [2.45, 2.75) is 50.9 Å². The molecule has 1 saturated heterocycles. The molecular weight excluding hydrogens is 310 g/mol. The van der Waals surface area contributed by atoms with Crippen LogP contribution >= 0.6 is 0 Å². The summed E-state index contributed by atoms with van der Waals surface area (Å²) < 4.78 is 29.5. The van der Waals surface area contributed by atoms with E-state index in [4.69, 9.17) is 0 Å². The molecule has 0 amide bonds. The van der Waals surface area contributed by atoms with Crippen molar-refractivity contribution in [3.63, 3.8) is 0 Å². The highest BCUT2D eigenvalue weighted by Gasteiger charge is 2.45. The summed E-state index contributed by atoms with van der Waals surface area (Å²) >= 11 is 0. The molecule has 5 rings (SSSR count). The highest BCUT2D eigenvalue weighted by molar-refractivity contribution is 7.89. The summed E-state index contributed by atoms with van der Waals surface area (Å²) in [5, 5.41) is 4.22. The molecule has 0 spiro atoms. The van der Waals surface area contributed by atoms with Crippen LogP contribution in [0.2, 0.25) is 0 Å². The molecular formula is C17H27N3O2S. The zero-order valence-electron chi connectivity index (χ0n) is 13.9. The standard InChI is InChI=1S/C17H27N3O2S/c1-19-11-16(10-18-19)15-5-9-20(12-15)23(21,22)13-17-6-2-14(3-7-17)4-8-17/h10-11,14-15H,2-9,12-13H2,1H3. The minimum atomic E-state index is -3.13. The Morgan fingerprint density at radius 3 is 2.52 bits per heavy atom. The van der Waals surface area contributed by atoms with Gasteiger partial charge in [-0.3, -0.25) is 4.68 Å². The number of hydrogen-bond acceptors (Lipinski definition) is 3. The Morgan fingerprint density at radius 1 is 1.22 bits per heavy atom. The van der Waals surface area contributed by atoms with Gasteiger partial charge >= 0.3 is 0 Å². The highest BCUT2D eigenvalue weighted by Crippen LogP contribution is 2.51. The van der Waals surface area contributed by atoms with E-state index in [0.717, 1.165) is 31.6 Å². The van der Waals surface area contributed by atoms with Gasteiger partial charge in [-0.2, -0.15) is 5.10 Å². The minimum absolute atomic E-state index is 0.0833. The SMILES string of the molecule is Cn1cc(C2CCN(S(=O)(=O)CC34CCC(CC3)CC4)C2)cn1. The maximum atomic E-state index is 13.0. The van der Waals surface area contributed by atoms with Crippen LogP contribution in [-0.2, 0) is 17.1 Å². The van der Waals surface area contributed by atoms with Crippen LogP contribution in [0.4, 0.5) is 0 Å². The number of aryl methyl sites for hydroxylation is 1. The summed E-state index contributed by atoms with van der Waals surface area (Å²) in [5.74, 6) is 1.56. The van der Waals surface area contributed by atoms with Gasteiger partial charge in [0.1, 0.15) is 0 Å². The molecule has 2 heterocycles. The predicted molar refractivity (Wildman–Crippen MR) is 89.6 cm³/mol. The molecule has 1 atom stereocenters. The van der Waals surface area contributed by atoms with E-state index in [1.54, 1.807) is 8.99 Å². The third kappa shape index (κ3) is 2.95. The van der Waals surface area contributed by atoms with E-state index in [1.807, 2.05) is 19.4 Å². The molecule has 3 aliphatic carbocycles. The van der Waals surface area contributed by atoms with Crippen LogP contribution < -0.4 is 0 Å². The number of sulfonamides is 1. The lowest BCUT2D eigenvalue weighted by atomic mass is 9.62. The average Bonchev–Trinajstić information content (AvgIpc) is 3.17. The summed E-state index contributed by atoms with van der Waals surface area (Å²) in [6.07, 6.45) is 11.9. The molecule has 2 bridgehead atoms. The second-order valence-corrected chi connectivity index (χ2v) is 10.00. The fourth-order valence-electron chi connectivity index (χ4n) is 4.94. The third-order valence-electron chi connectivity index (χ3n) is 6.48. The number of fused-ring (bicyclic) bond motifs is 3. The smallest absolute Gasteiger partial charge is 0.214 e. The van der Waals surface area contributed by atoms with Gasteiger partial charge in [-0.1, -0.05) is 0 Å². The molecule has 1 aromatic heterocycles. The van der Waals surface area contributed by atoms with Gasteiger partial charge in [0.25, 0.3) is 0 Å². The van der Waals surface area contributed by atoms with Crippen molar-refractivity contribution in [3.8, 4) is 0 Å². The normalized spacial score (nSPS) is 35.0. The lowest BCUT2D eigenvalue weighted by Crippen LogP contribution is -2.43. The van der Waals surface area contributed by atoms with Crippen molar-refractivity contribution < 1.29 is 8.42 Å². The molecule has 23 heavy (non-hydrogen) atoms. The first-order valence-electron chi connectivity index (χ1n) is 8.92. The average molecular weight is 337 g/mol. The van der Waals surface area contributed by atoms with Gasteiger partial charge in [0.2, 0.25) is 10.0 Å². The Bertz CT molecular complexity index is 660. The van der Waals surface area contributed by atoms with Crippen LogP contribution in [0.1, 0.15) is 56.4 Å². The van der Waals surface area contributed by atoms with Crippen LogP contribution in [0.5, 0.6) is 0 Å². The van der Waals surface area contributed by atoms with Crippen molar-refractivity contribution in [2.24, 2.45) is 18.4 Å². The molecule has 0 aromatic carbocycles. The number of rotatable bonds is 4. The summed E-state index contributed by atoms with van der Waals surface area (Å²) in [6.45, 7) is 1.30. The van der Waals surface area contributed by atoms with Crippen molar-refractivity contribution in [1.29, 1.82) is 0 Å². The monoisotopic (exact) mass is 337 g/mol. The maximum absolute atomic E-state index is 13.0. The van der Waals surface area contributed by atoms with Gasteiger partial charge < -0.3 is 0 Å². The van der Waals surface area contributed by atoms with Crippen LogP contribution in [-0.4, -0.2) is 41.3 Å². The molecule has 5 nitrogen and oxygen atoms in total. The van der Waals surface area contributed by atoms with E-state index in [2.05, 4.69) is 5.10 Å². The summed E-state index contributed by atoms with van der Waals surface area (Å²) in [7, 11) is -1.23. The van der Waals surface area contributed by atoms with E-state index in [0.29, 0.717) is 24.8 Å². The number of aromatic nitrogens is 2. The van der Waals surface area contributed by atoms with Crippen LogP contribution in [0, 0.1) is 11.3 Å². The topological polar surface area (TPSA) is 55.2 Å². The number of hydrogen-bond donors (Lipinski definition) is 0. The molecule has 0 radical (unpaired) electrons. The van der Waals surface area contributed by atoms with E-state index < -0.39 is 10.0 Å². The quantitative estimate of drug-likeness (QED) is 0.848. The minimum Gasteiger partial charge on any atom is -0.276 e. The van der Waals surface area contributed by atoms with E-state index in [1.165, 1.54) is 24.8 Å². The summed E-state index contributed by atoms with van der Waals surface area (Å²) in [6, 6.07) is 0.